The first kappa shape index (κ1) is 25.3. The Morgan fingerprint density at radius 3 is 2.26 bits per heavy atom. The molecule has 1 aliphatic carbocycles. The number of amides is 2. The van der Waals surface area contributed by atoms with E-state index in [0.29, 0.717) is 24.9 Å². The predicted octanol–water partition coefficient (Wildman–Crippen LogP) is 3.39. The molecule has 7 nitrogen and oxygen atoms in total. The number of halogens is 1. The Balaban J connectivity index is 1.40. The van der Waals surface area contributed by atoms with Gasteiger partial charge < -0.3 is 10.6 Å². The predicted molar refractivity (Wildman–Crippen MR) is 131 cm³/mol. The third-order valence-electron chi connectivity index (χ3n) is 7.01. The number of hydrogen-bond acceptors (Lipinski definition) is 4. The molecule has 0 radical (unpaired) electrons. The molecule has 2 aromatic rings. The van der Waals surface area contributed by atoms with Crippen LogP contribution in [0.25, 0.3) is 0 Å². The van der Waals surface area contributed by atoms with E-state index in [1.54, 1.807) is 6.07 Å². The molecule has 2 amide bonds. The lowest BCUT2D eigenvalue weighted by molar-refractivity contribution is -0.127. The van der Waals surface area contributed by atoms with E-state index in [9.17, 15) is 22.4 Å². The van der Waals surface area contributed by atoms with Gasteiger partial charge in [-0.25, -0.2) is 12.8 Å². The van der Waals surface area contributed by atoms with Crippen molar-refractivity contribution in [3.05, 3.63) is 65.5 Å². The highest BCUT2D eigenvalue weighted by atomic mass is 32.2. The third-order valence-corrected chi connectivity index (χ3v) is 8.89. The Labute approximate surface area is 206 Å². The Bertz CT molecular complexity index is 1170. The van der Waals surface area contributed by atoms with Crippen molar-refractivity contribution in [2.24, 2.45) is 5.92 Å². The van der Waals surface area contributed by atoms with E-state index in [1.807, 2.05) is 25.1 Å². The van der Waals surface area contributed by atoms with Crippen molar-refractivity contribution in [3.63, 3.8) is 0 Å². The molecule has 188 valence electrons. The lowest BCUT2D eigenvalue weighted by Crippen LogP contribution is -2.55. The summed E-state index contributed by atoms with van der Waals surface area (Å²) in [6.07, 6.45) is 4.62. The van der Waals surface area contributed by atoms with E-state index < -0.39 is 21.8 Å². The van der Waals surface area contributed by atoms with E-state index in [2.05, 4.69) is 10.6 Å². The van der Waals surface area contributed by atoms with Crippen LogP contribution in [0.4, 0.5) is 4.39 Å². The summed E-state index contributed by atoms with van der Waals surface area (Å²) >= 11 is 0. The molecular formula is C26H32FN3O4S. The van der Waals surface area contributed by atoms with Gasteiger partial charge in [0.2, 0.25) is 15.9 Å². The van der Waals surface area contributed by atoms with Crippen molar-refractivity contribution in [1.82, 2.24) is 14.9 Å². The molecule has 1 aliphatic heterocycles. The van der Waals surface area contributed by atoms with Gasteiger partial charge >= 0.3 is 0 Å². The van der Waals surface area contributed by atoms with E-state index in [4.69, 9.17) is 0 Å². The van der Waals surface area contributed by atoms with Crippen LogP contribution in [0.5, 0.6) is 0 Å². The fraction of sp³-hybridized carbons (Fsp3) is 0.462. The minimum absolute atomic E-state index is 0.0196. The normalized spacial score (nSPS) is 23.4. The summed E-state index contributed by atoms with van der Waals surface area (Å²) in [7, 11) is -3.81. The number of nitrogens with zero attached hydrogens (tertiary/aromatic N) is 1. The summed E-state index contributed by atoms with van der Waals surface area (Å²) in [6, 6.07) is 11.8. The van der Waals surface area contributed by atoms with Crippen LogP contribution in [-0.2, 0) is 14.8 Å². The molecule has 3 atom stereocenters. The van der Waals surface area contributed by atoms with Gasteiger partial charge in [-0.15, -0.1) is 0 Å². The summed E-state index contributed by atoms with van der Waals surface area (Å²) in [5, 5.41) is 6.21. The molecule has 4 rings (SSSR count). The van der Waals surface area contributed by atoms with Crippen molar-refractivity contribution in [2.45, 2.75) is 62.4 Å². The summed E-state index contributed by atoms with van der Waals surface area (Å²) in [5.41, 5.74) is 1.52. The minimum atomic E-state index is -3.81. The molecule has 9 heteroatoms. The SMILES string of the molecule is Cc1ccccc1C(=O)N[C@@H]1CCCC[C@H]1NC(=O)[C@@H]1CCCN(S(=O)(=O)c2ccc(F)cc2)C1. The number of rotatable bonds is 6. The number of sulfonamides is 1. The average Bonchev–Trinajstić information content (AvgIpc) is 2.86. The fourth-order valence-electron chi connectivity index (χ4n) is 4.98. The number of nitrogens with one attached hydrogen (secondary N) is 2. The number of carbonyl (C=O) groups excluding carboxylic acids is 2. The highest BCUT2D eigenvalue weighted by Gasteiger charge is 2.35. The smallest absolute Gasteiger partial charge is 0.251 e. The van der Waals surface area contributed by atoms with E-state index in [-0.39, 0.29) is 35.3 Å². The molecule has 1 saturated carbocycles. The van der Waals surface area contributed by atoms with Crippen LogP contribution in [0, 0.1) is 18.7 Å². The van der Waals surface area contributed by atoms with Gasteiger partial charge in [-0.3, -0.25) is 9.59 Å². The Morgan fingerprint density at radius 2 is 1.57 bits per heavy atom. The van der Waals surface area contributed by atoms with Crippen LogP contribution >= 0.6 is 0 Å². The zero-order chi connectivity index (χ0) is 25.0. The van der Waals surface area contributed by atoms with Crippen LogP contribution in [0.3, 0.4) is 0 Å². The zero-order valence-electron chi connectivity index (χ0n) is 19.9. The molecule has 0 bridgehead atoms. The zero-order valence-corrected chi connectivity index (χ0v) is 20.7. The molecular weight excluding hydrogens is 469 g/mol. The summed E-state index contributed by atoms with van der Waals surface area (Å²) in [4.78, 5) is 26.1. The highest BCUT2D eigenvalue weighted by Crippen LogP contribution is 2.26. The van der Waals surface area contributed by atoms with Gasteiger partial charge in [0.05, 0.1) is 10.8 Å². The van der Waals surface area contributed by atoms with Crippen molar-refractivity contribution >= 4 is 21.8 Å². The van der Waals surface area contributed by atoms with Crippen LogP contribution in [0.1, 0.15) is 54.4 Å². The largest absolute Gasteiger partial charge is 0.351 e. The van der Waals surface area contributed by atoms with Crippen molar-refractivity contribution in [2.75, 3.05) is 13.1 Å². The minimum Gasteiger partial charge on any atom is -0.351 e. The maximum Gasteiger partial charge on any atom is 0.251 e. The first-order valence-corrected chi connectivity index (χ1v) is 13.6. The molecule has 2 fully saturated rings. The second-order valence-corrected chi connectivity index (χ2v) is 11.4. The molecule has 2 aromatic carbocycles. The maximum absolute atomic E-state index is 13.2. The van der Waals surface area contributed by atoms with Gasteiger partial charge in [0, 0.05) is 30.7 Å². The fourth-order valence-corrected chi connectivity index (χ4v) is 6.50. The van der Waals surface area contributed by atoms with Crippen molar-refractivity contribution < 1.29 is 22.4 Å². The molecule has 1 heterocycles. The van der Waals surface area contributed by atoms with E-state index in [0.717, 1.165) is 43.4 Å². The van der Waals surface area contributed by atoms with Gasteiger partial charge in [-0.05, 0) is 68.5 Å². The summed E-state index contributed by atoms with van der Waals surface area (Å²) in [5.74, 6) is -1.32. The van der Waals surface area contributed by atoms with Gasteiger partial charge in [-0.2, -0.15) is 4.31 Å². The first-order valence-electron chi connectivity index (χ1n) is 12.2. The number of hydrogen-bond donors (Lipinski definition) is 2. The number of carbonyl (C=O) groups is 2. The molecule has 35 heavy (non-hydrogen) atoms. The average molecular weight is 502 g/mol. The molecule has 0 spiro atoms. The summed E-state index contributed by atoms with van der Waals surface area (Å²) in [6.45, 7) is 2.30. The molecule has 2 N–H and O–H groups in total. The second-order valence-electron chi connectivity index (χ2n) is 9.45. The van der Waals surface area contributed by atoms with E-state index >= 15 is 0 Å². The van der Waals surface area contributed by atoms with E-state index in [1.165, 1.54) is 16.4 Å². The molecule has 2 aliphatic rings. The lowest BCUT2D eigenvalue weighted by atomic mass is 9.89. The standard InChI is InChI=1S/C26H32FN3O4S/c1-18-7-2-3-9-22(18)26(32)29-24-11-5-4-10-23(24)28-25(31)19-8-6-16-30(17-19)35(33,34)21-14-12-20(27)13-15-21/h2-3,7,9,12-15,19,23-24H,4-6,8,10-11,16-17H2,1H3,(H,28,31)(H,29,32)/t19-,23-,24-/m1/s1. The quantitative estimate of drug-likeness (QED) is 0.634. The number of aryl methyl sites for hydroxylation is 1. The molecule has 1 saturated heterocycles. The number of piperidine rings is 1. The van der Waals surface area contributed by atoms with Crippen LogP contribution in [0.15, 0.2) is 53.4 Å². The monoisotopic (exact) mass is 501 g/mol. The third kappa shape index (κ3) is 5.90. The van der Waals surface area contributed by atoms with Gasteiger partial charge in [0.25, 0.3) is 5.91 Å². The Morgan fingerprint density at radius 1 is 0.914 bits per heavy atom. The van der Waals surface area contributed by atoms with Crippen molar-refractivity contribution in [1.29, 1.82) is 0 Å². The van der Waals surface area contributed by atoms with Crippen LogP contribution in [-0.4, -0.2) is 49.7 Å². The van der Waals surface area contributed by atoms with Crippen molar-refractivity contribution in [3.8, 4) is 0 Å². The lowest BCUT2D eigenvalue weighted by Gasteiger charge is -2.36. The second kappa shape index (κ2) is 10.9. The topological polar surface area (TPSA) is 95.6 Å². The first-order chi connectivity index (χ1) is 16.8. The van der Waals surface area contributed by atoms with Gasteiger partial charge in [0.1, 0.15) is 5.82 Å². The Kier molecular flexibility index (Phi) is 7.86. The summed E-state index contributed by atoms with van der Waals surface area (Å²) < 4.78 is 40.6. The maximum atomic E-state index is 13.2. The van der Waals surface area contributed by atoms with Crippen LogP contribution < -0.4 is 10.6 Å². The van der Waals surface area contributed by atoms with Gasteiger partial charge in [0.15, 0.2) is 0 Å². The van der Waals surface area contributed by atoms with Crippen LogP contribution in [0.2, 0.25) is 0 Å². The highest BCUT2D eigenvalue weighted by molar-refractivity contribution is 7.89. The molecule has 0 unspecified atom stereocenters. The Hall–Kier alpha value is -2.78. The number of benzene rings is 2. The van der Waals surface area contributed by atoms with Gasteiger partial charge in [-0.1, -0.05) is 31.0 Å². The molecule has 0 aromatic heterocycles.